The number of aromatic nitrogens is 3. The van der Waals surface area contributed by atoms with Crippen LogP contribution in [0.3, 0.4) is 0 Å². The number of hydrogen-bond donors (Lipinski definition) is 2. The molecule has 2 atom stereocenters. The molecular formula is C10H18N4O2S. The fourth-order valence-electron chi connectivity index (χ4n) is 2.40. The van der Waals surface area contributed by atoms with E-state index >= 15 is 0 Å². The summed E-state index contributed by atoms with van der Waals surface area (Å²) in [5.74, 6) is 0.825. The molecule has 6 nitrogen and oxygen atoms in total. The molecule has 0 aliphatic heterocycles. The maximum absolute atomic E-state index is 11.6. The molecule has 2 unspecified atom stereocenters. The molecule has 0 amide bonds. The van der Waals surface area contributed by atoms with Gasteiger partial charge in [-0.05, 0) is 12.8 Å². The van der Waals surface area contributed by atoms with Crippen LogP contribution in [-0.4, -0.2) is 47.7 Å². The Balaban J connectivity index is 1.82. The summed E-state index contributed by atoms with van der Waals surface area (Å²) in [7, 11) is -2.93. The molecule has 1 aromatic heterocycles. The molecule has 2 rings (SSSR count). The topological polar surface area (TPSA) is 87.7 Å². The third kappa shape index (κ3) is 3.26. The number of H-pyrrole nitrogens is 1. The number of nitrogens with one attached hydrogen (secondary N) is 2. The van der Waals surface area contributed by atoms with Crippen LogP contribution in [-0.2, 0) is 16.3 Å². The monoisotopic (exact) mass is 258 g/mol. The van der Waals surface area contributed by atoms with Gasteiger partial charge in [0.25, 0.3) is 0 Å². The lowest BCUT2D eigenvalue weighted by atomic mass is 10.2. The van der Waals surface area contributed by atoms with Crippen molar-refractivity contribution in [1.82, 2.24) is 20.5 Å². The highest BCUT2D eigenvalue weighted by molar-refractivity contribution is 7.91. The second-order valence-electron chi connectivity index (χ2n) is 4.54. The van der Waals surface area contributed by atoms with E-state index in [1.165, 1.54) is 12.6 Å². The molecule has 0 spiro atoms. The lowest BCUT2D eigenvalue weighted by Crippen LogP contribution is -2.40. The van der Waals surface area contributed by atoms with Crippen molar-refractivity contribution in [3.8, 4) is 0 Å². The second-order valence-corrected chi connectivity index (χ2v) is 6.81. The van der Waals surface area contributed by atoms with Gasteiger partial charge in [-0.15, -0.1) is 0 Å². The SMILES string of the molecule is CS(=O)(=O)C1CCCC1NCCc1ncn[nH]1. The van der Waals surface area contributed by atoms with Crippen molar-refractivity contribution >= 4 is 9.84 Å². The van der Waals surface area contributed by atoms with E-state index in [2.05, 4.69) is 20.5 Å². The van der Waals surface area contributed by atoms with Crippen molar-refractivity contribution in [3.63, 3.8) is 0 Å². The van der Waals surface area contributed by atoms with Gasteiger partial charge in [-0.1, -0.05) is 6.42 Å². The number of nitrogens with zero attached hydrogens (tertiary/aromatic N) is 2. The standard InChI is InChI=1S/C10H18N4O2S/c1-17(15,16)9-4-2-3-8(9)11-6-5-10-12-7-13-14-10/h7-9,11H,2-6H2,1H3,(H,12,13,14). The largest absolute Gasteiger partial charge is 0.312 e. The van der Waals surface area contributed by atoms with Gasteiger partial charge < -0.3 is 5.32 Å². The van der Waals surface area contributed by atoms with Crippen molar-refractivity contribution in [2.75, 3.05) is 12.8 Å². The number of hydrogen-bond acceptors (Lipinski definition) is 5. The maximum atomic E-state index is 11.6. The molecule has 7 heteroatoms. The molecule has 0 radical (unpaired) electrons. The van der Waals surface area contributed by atoms with Gasteiger partial charge in [0, 0.05) is 25.3 Å². The van der Waals surface area contributed by atoms with Gasteiger partial charge in [0.15, 0.2) is 9.84 Å². The lowest BCUT2D eigenvalue weighted by Gasteiger charge is -2.19. The Hall–Kier alpha value is -0.950. The van der Waals surface area contributed by atoms with Crippen molar-refractivity contribution in [1.29, 1.82) is 0 Å². The molecule has 0 aromatic carbocycles. The smallest absolute Gasteiger partial charge is 0.151 e. The minimum Gasteiger partial charge on any atom is -0.312 e. The van der Waals surface area contributed by atoms with E-state index in [4.69, 9.17) is 0 Å². The molecule has 1 fully saturated rings. The van der Waals surface area contributed by atoms with Crippen LogP contribution in [0.1, 0.15) is 25.1 Å². The molecule has 1 heterocycles. The predicted molar refractivity (Wildman–Crippen MR) is 64.4 cm³/mol. The Kier molecular flexibility index (Phi) is 3.78. The van der Waals surface area contributed by atoms with Crippen molar-refractivity contribution in [2.24, 2.45) is 0 Å². The summed E-state index contributed by atoms with van der Waals surface area (Å²) in [5, 5.41) is 9.64. The molecule has 2 N–H and O–H groups in total. The molecule has 1 saturated carbocycles. The molecule has 1 aliphatic carbocycles. The highest BCUT2D eigenvalue weighted by Crippen LogP contribution is 2.24. The van der Waals surface area contributed by atoms with E-state index in [0.29, 0.717) is 0 Å². The second kappa shape index (κ2) is 5.14. The van der Waals surface area contributed by atoms with Crippen molar-refractivity contribution in [2.45, 2.75) is 37.0 Å². The average Bonchev–Trinajstić information content (AvgIpc) is 2.86. The third-order valence-corrected chi connectivity index (χ3v) is 4.90. The summed E-state index contributed by atoms with van der Waals surface area (Å²) >= 11 is 0. The van der Waals surface area contributed by atoms with Gasteiger partial charge in [-0.25, -0.2) is 13.4 Å². The first kappa shape index (κ1) is 12.5. The van der Waals surface area contributed by atoms with Gasteiger partial charge in [0.1, 0.15) is 12.2 Å². The lowest BCUT2D eigenvalue weighted by molar-refractivity contribution is 0.507. The quantitative estimate of drug-likeness (QED) is 0.770. The van der Waals surface area contributed by atoms with E-state index in [1.807, 2.05) is 0 Å². The average molecular weight is 258 g/mol. The minimum absolute atomic E-state index is 0.0907. The summed E-state index contributed by atoms with van der Waals surface area (Å²) in [6.07, 6.45) is 6.25. The third-order valence-electron chi connectivity index (χ3n) is 3.24. The van der Waals surface area contributed by atoms with Crippen LogP contribution in [0, 0.1) is 0 Å². The van der Waals surface area contributed by atoms with Crippen molar-refractivity contribution in [3.05, 3.63) is 12.2 Å². The first-order chi connectivity index (χ1) is 8.07. The number of aromatic amines is 1. The summed E-state index contributed by atoms with van der Waals surface area (Å²) in [6.45, 7) is 0.728. The van der Waals surface area contributed by atoms with Crippen LogP contribution in [0.5, 0.6) is 0 Å². The van der Waals surface area contributed by atoms with Crippen molar-refractivity contribution < 1.29 is 8.42 Å². The fourth-order valence-corrected chi connectivity index (χ4v) is 3.82. The Morgan fingerprint density at radius 3 is 3.00 bits per heavy atom. The number of sulfone groups is 1. The van der Waals surface area contributed by atoms with Crippen LogP contribution in [0.15, 0.2) is 6.33 Å². The van der Waals surface area contributed by atoms with Crippen LogP contribution in [0.2, 0.25) is 0 Å². The summed E-state index contributed by atoms with van der Waals surface area (Å²) in [5.41, 5.74) is 0. The van der Waals surface area contributed by atoms with E-state index in [9.17, 15) is 8.42 Å². The van der Waals surface area contributed by atoms with E-state index in [0.717, 1.165) is 38.1 Å². The first-order valence-electron chi connectivity index (χ1n) is 5.84. The normalized spacial score (nSPS) is 25.2. The summed E-state index contributed by atoms with van der Waals surface area (Å²) in [6, 6.07) is 0.0907. The Labute approximate surface area is 101 Å². The Bertz CT molecular complexity index is 443. The summed E-state index contributed by atoms with van der Waals surface area (Å²) in [4.78, 5) is 4.02. The van der Waals surface area contributed by atoms with E-state index in [-0.39, 0.29) is 11.3 Å². The first-order valence-corrected chi connectivity index (χ1v) is 7.79. The molecule has 0 saturated heterocycles. The van der Waals surface area contributed by atoms with Gasteiger partial charge >= 0.3 is 0 Å². The zero-order valence-corrected chi connectivity index (χ0v) is 10.7. The Morgan fingerprint density at radius 2 is 2.35 bits per heavy atom. The molecule has 96 valence electrons. The minimum atomic E-state index is -2.93. The predicted octanol–water partition coefficient (Wildman–Crippen LogP) is -0.0975. The van der Waals surface area contributed by atoms with Gasteiger partial charge in [0.05, 0.1) is 5.25 Å². The van der Waals surface area contributed by atoms with Gasteiger partial charge in [0.2, 0.25) is 0 Å². The van der Waals surface area contributed by atoms with Gasteiger partial charge in [-0.3, -0.25) is 5.10 Å². The maximum Gasteiger partial charge on any atom is 0.151 e. The highest BCUT2D eigenvalue weighted by Gasteiger charge is 2.34. The van der Waals surface area contributed by atoms with Crippen LogP contribution >= 0.6 is 0 Å². The van der Waals surface area contributed by atoms with Gasteiger partial charge in [-0.2, -0.15) is 5.10 Å². The van der Waals surface area contributed by atoms with Crippen LogP contribution in [0.25, 0.3) is 0 Å². The molecule has 0 bridgehead atoms. The highest BCUT2D eigenvalue weighted by atomic mass is 32.2. The van der Waals surface area contributed by atoms with E-state index < -0.39 is 9.84 Å². The van der Waals surface area contributed by atoms with E-state index in [1.54, 1.807) is 0 Å². The zero-order chi connectivity index (χ0) is 12.3. The molecule has 1 aromatic rings. The Morgan fingerprint density at radius 1 is 1.53 bits per heavy atom. The number of rotatable bonds is 5. The molecule has 1 aliphatic rings. The molecular weight excluding hydrogens is 240 g/mol. The molecule has 17 heavy (non-hydrogen) atoms. The fraction of sp³-hybridized carbons (Fsp3) is 0.800. The summed E-state index contributed by atoms with van der Waals surface area (Å²) < 4.78 is 23.1. The van der Waals surface area contributed by atoms with Crippen LogP contribution < -0.4 is 5.32 Å². The van der Waals surface area contributed by atoms with Crippen LogP contribution in [0.4, 0.5) is 0 Å². The zero-order valence-electron chi connectivity index (χ0n) is 9.89.